The molecule has 136 valence electrons. The summed E-state index contributed by atoms with van der Waals surface area (Å²) in [6, 6.07) is 6.70. The molecule has 4 nitrogen and oxygen atoms in total. The van der Waals surface area contributed by atoms with Gasteiger partial charge in [-0.2, -0.15) is 0 Å². The van der Waals surface area contributed by atoms with E-state index >= 15 is 0 Å². The Hall–Kier alpha value is -1.10. The molecule has 1 heterocycles. The average molecular weight is 354 g/mol. The largest absolute Gasteiger partial charge is 0.324 e. The molecule has 0 bridgehead atoms. The predicted octanol–water partition coefficient (Wildman–Crippen LogP) is 3.24. The normalized spacial score (nSPS) is 19.4. The Bertz CT molecular complexity index is 513. The minimum atomic E-state index is -0.0965. The van der Waals surface area contributed by atoms with E-state index in [0.29, 0.717) is 6.04 Å². The Morgan fingerprint density at radius 1 is 1.29 bits per heavy atom. The third kappa shape index (κ3) is 4.95. The van der Waals surface area contributed by atoms with Crippen LogP contribution in [0.25, 0.3) is 0 Å². The summed E-state index contributed by atoms with van der Waals surface area (Å²) in [6.45, 7) is 8.24. The van der Waals surface area contributed by atoms with Crippen LogP contribution in [0.2, 0.25) is 0 Å². The van der Waals surface area contributed by atoms with Gasteiger partial charge in [-0.25, -0.2) is 0 Å². The number of likely N-dealkylation sites (N-methyl/N-ethyl adjacent to an activating group) is 1. The van der Waals surface area contributed by atoms with Crippen LogP contribution in [0, 0.1) is 0 Å². The van der Waals surface area contributed by atoms with Crippen molar-refractivity contribution in [3.63, 3.8) is 0 Å². The van der Waals surface area contributed by atoms with E-state index in [9.17, 15) is 4.79 Å². The Morgan fingerprint density at radius 2 is 1.92 bits per heavy atom. The number of rotatable bonds is 6. The lowest BCUT2D eigenvalue weighted by molar-refractivity contribution is -0.121. The number of anilines is 1. The van der Waals surface area contributed by atoms with Gasteiger partial charge < -0.3 is 10.6 Å². The Morgan fingerprint density at radius 3 is 2.46 bits per heavy atom. The molecular weight excluding hydrogens is 322 g/mol. The molecule has 1 fully saturated rings. The number of amides is 1. The number of nitrogens with zero attached hydrogens (tertiary/aromatic N) is 1. The molecule has 0 aliphatic carbocycles. The Balaban J connectivity index is 0.00000288. The quantitative estimate of drug-likeness (QED) is 0.825. The van der Waals surface area contributed by atoms with Crippen molar-refractivity contribution in [3.8, 4) is 0 Å². The van der Waals surface area contributed by atoms with E-state index in [1.54, 1.807) is 0 Å². The van der Waals surface area contributed by atoms with E-state index < -0.39 is 0 Å². The average Bonchev–Trinajstić information content (AvgIpc) is 2.61. The maximum absolute atomic E-state index is 12.8. The van der Waals surface area contributed by atoms with Gasteiger partial charge >= 0.3 is 0 Å². The molecule has 5 heteroatoms. The highest BCUT2D eigenvalue weighted by Crippen LogP contribution is 2.23. The molecule has 1 amide bonds. The zero-order valence-electron chi connectivity index (χ0n) is 15.4. The van der Waals surface area contributed by atoms with E-state index in [2.05, 4.69) is 47.6 Å². The molecule has 2 atom stereocenters. The van der Waals surface area contributed by atoms with Crippen molar-refractivity contribution in [2.75, 3.05) is 25.5 Å². The van der Waals surface area contributed by atoms with Crippen LogP contribution in [0.3, 0.4) is 0 Å². The molecule has 1 aromatic rings. The van der Waals surface area contributed by atoms with Crippen molar-refractivity contribution in [1.29, 1.82) is 0 Å². The SMILES string of the molecule is CCc1cccc(CC)c1NC(=O)C(C)N1CCCC(NC)C1.Cl. The van der Waals surface area contributed by atoms with Gasteiger partial charge in [0.15, 0.2) is 0 Å². The summed E-state index contributed by atoms with van der Waals surface area (Å²) in [5, 5.41) is 6.55. The molecule has 0 aromatic heterocycles. The van der Waals surface area contributed by atoms with Crippen LogP contribution in [0.15, 0.2) is 18.2 Å². The van der Waals surface area contributed by atoms with E-state index in [1.807, 2.05) is 14.0 Å². The first-order valence-electron chi connectivity index (χ1n) is 8.93. The summed E-state index contributed by atoms with van der Waals surface area (Å²) in [5.74, 6) is 0.109. The summed E-state index contributed by atoms with van der Waals surface area (Å²) >= 11 is 0. The molecule has 1 aliphatic heterocycles. The van der Waals surface area contributed by atoms with Crippen LogP contribution in [-0.4, -0.2) is 43.0 Å². The molecule has 1 aliphatic rings. The van der Waals surface area contributed by atoms with Gasteiger partial charge in [0, 0.05) is 18.3 Å². The van der Waals surface area contributed by atoms with Crippen LogP contribution < -0.4 is 10.6 Å². The van der Waals surface area contributed by atoms with Crippen LogP contribution in [0.5, 0.6) is 0 Å². The number of nitrogens with one attached hydrogen (secondary N) is 2. The topological polar surface area (TPSA) is 44.4 Å². The number of carbonyl (C=O) groups is 1. The highest BCUT2D eigenvalue weighted by atomic mass is 35.5. The third-order valence-corrected chi connectivity index (χ3v) is 5.04. The van der Waals surface area contributed by atoms with Crippen molar-refractivity contribution in [1.82, 2.24) is 10.2 Å². The minimum absolute atomic E-state index is 0. The summed E-state index contributed by atoms with van der Waals surface area (Å²) in [4.78, 5) is 15.1. The maximum Gasteiger partial charge on any atom is 0.241 e. The number of hydrogen-bond donors (Lipinski definition) is 2. The van der Waals surface area contributed by atoms with Crippen molar-refractivity contribution >= 4 is 24.0 Å². The second kappa shape index (κ2) is 10.0. The standard InChI is InChI=1S/C19H31N3O.ClH/c1-5-15-9-7-10-16(6-2)18(15)21-19(23)14(3)22-12-8-11-17(13-22)20-4;/h7,9-10,14,17,20H,5-6,8,11-13H2,1-4H3,(H,21,23);1H. The number of hydrogen-bond acceptors (Lipinski definition) is 3. The van der Waals surface area contributed by atoms with Crippen molar-refractivity contribution in [2.45, 2.75) is 58.5 Å². The summed E-state index contributed by atoms with van der Waals surface area (Å²) in [5.41, 5.74) is 3.46. The van der Waals surface area contributed by atoms with E-state index in [0.717, 1.165) is 38.0 Å². The fraction of sp³-hybridized carbons (Fsp3) is 0.632. The molecule has 1 saturated heterocycles. The summed E-state index contributed by atoms with van der Waals surface area (Å²) in [7, 11) is 2.00. The number of aryl methyl sites for hydroxylation is 2. The van der Waals surface area contributed by atoms with Crippen molar-refractivity contribution in [3.05, 3.63) is 29.3 Å². The lowest BCUT2D eigenvalue weighted by Gasteiger charge is -2.36. The van der Waals surface area contributed by atoms with Crippen LogP contribution in [0.1, 0.15) is 44.7 Å². The number of piperidine rings is 1. The zero-order chi connectivity index (χ0) is 16.8. The molecule has 0 saturated carbocycles. The zero-order valence-corrected chi connectivity index (χ0v) is 16.2. The van der Waals surface area contributed by atoms with Crippen molar-refractivity contribution in [2.24, 2.45) is 0 Å². The van der Waals surface area contributed by atoms with Crippen LogP contribution >= 0.6 is 12.4 Å². The van der Waals surface area contributed by atoms with Gasteiger partial charge in [0.2, 0.25) is 5.91 Å². The number of para-hydroxylation sites is 1. The maximum atomic E-state index is 12.8. The fourth-order valence-corrected chi connectivity index (χ4v) is 3.39. The summed E-state index contributed by atoms with van der Waals surface area (Å²) < 4.78 is 0. The van der Waals surface area contributed by atoms with Crippen LogP contribution in [0.4, 0.5) is 5.69 Å². The van der Waals surface area contributed by atoms with Gasteiger partial charge in [0.25, 0.3) is 0 Å². The van der Waals surface area contributed by atoms with E-state index in [4.69, 9.17) is 0 Å². The van der Waals surface area contributed by atoms with Gasteiger partial charge in [0.1, 0.15) is 0 Å². The molecule has 1 aromatic carbocycles. The second-order valence-corrected chi connectivity index (χ2v) is 6.45. The number of likely N-dealkylation sites (tertiary alicyclic amines) is 1. The van der Waals surface area contributed by atoms with Gasteiger partial charge in [-0.1, -0.05) is 32.0 Å². The van der Waals surface area contributed by atoms with E-state index in [-0.39, 0.29) is 24.4 Å². The Kier molecular flexibility index (Phi) is 8.74. The number of carbonyl (C=O) groups excluding carboxylic acids is 1. The molecule has 0 radical (unpaired) electrons. The lowest BCUT2D eigenvalue weighted by atomic mass is 10.0. The molecule has 0 spiro atoms. The second-order valence-electron chi connectivity index (χ2n) is 6.45. The van der Waals surface area contributed by atoms with E-state index in [1.165, 1.54) is 17.5 Å². The monoisotopic (exact) mass is 353 g/mol. The highest BCUT2D eigenvalue weighted by Gasteiger charge is 2.27. The lowest BCUT2D eigenvalue weighted by Crippen LogP contribution is -2.51. The smallest absolute Gasteiger partial charge is 0.241 e. The van der Waals surface area contributed by atoms with Gasteiger partial charge in [-0.15, -0.1) is 12.4 Å². The highest BCUT2D eigenvalue weighted by molar-refractivity contribution is 5.96. The number of halogens is 1. The number of benzene rings is 1. The molecule has 2 N–H and O–H groups in total. The molecule has 2 unspecified atom stereocenters. The van der Waals surface area contributed by atoms with Gasteiger partial charge in [-0.3, -0.25) is 9.69 Å². The first kappa shape index (κ1) is 20.9. The predicted molar refractivity (Wildman–Crippen MR) is 104 cm³/mol. The van der Waals surface area contributed by atoms with Crippen LogP contribution in [-0.2, 0) is 17.6 Å². The van der Waals surface area contributed by atoms with Crippen molar-refractivity contribution < 1.29 is 4.79 Å². The third-order valence-electron chi connectivity index (χ3n) is 5.04. The molecule has 2 rings (SSSR count). The minimum Gasteiger partial charge on any atom is -0.324 e. The summed E-state index contributed by atoms with van der Waals surface area (Å²) in [6.07, 6.45) is 4.21. The fourth-order valence-electron chi connectivity index (χ4n) is 3.39. The van der Waals surface area contributed by atoms with Gasteiger partial charge in [-0.05, 0) is 57.3 Å². The molecular formula is C19H32ClN3O. The first-order valence-corrected chi connectivity index (χ1v) is 8.93. The Labute approximate surface area is 152 Å². The molecule has 24 heavy (non-hydrogen) atoms. The first-order chi connectivity index (χ1) is 11.1. The van der Waals surface area contributed by atoms with Gasteiger partial charge in [0.05, 0.1) is 6.04 Å².